The molecule has 0 fully saturated rings. The number of hydrogen-bond acceptors (Lipinski definition) is 12. The van der Waals surface area contributed by atoms with Crippen molar-refractivity contribution < 1.29 is 44.4 Å². The summed E-state index contributed by atoms with van der Waals surface area (Å²) in [6.07, 6.45) is 0.0747. The lowest BCUT2D eigenvalue weighted by Crippen LogP contribution is -2.63. The highest BCUT2D eigenvalue weighted by molar-refractivity contribution is 6.25. The van der Waals surface area contributed by atoms with E-state index in [4.69, 9.17) is 10.6 Å². The van der Waals surface area contributed by atoms with Gasteiger partial charge in [-0.1, -0.05) is 30.3 Å². The molecule has 2 aromatic carbocycles. The summed E-state index contributed by atoms with van der Waals surface area (Å²) in [7, 11) is 6.58. The lowest BCUT2D eigenvalue weighted by Gasteiger charge is -2.50. The van der Waals surface area contributed by atoms with Gasteiger partial charge in [0.05, 0.1) is 23.9 Å². The van der Waals surface area contributed by atoms with Gasteiger partial charge in [-0.05, 0) is 50.0 Å². The van der Waals surface area contributed by atoms with Crippen molar-refractivity contribution in [2.24, 2.45) is 17.6 Å². The number of carbonyl (C=O) groups excluding carboxylic acids is 4. The quantitative estimate of drug-likeness (QED) is 0.0884. The Hall–Kier alpha value is -4.76. The van der Waals surface area contributed by atoms with Crippen LogP contribution >= 0.6 is 0 Å². The molecule has 14 heteroatoms. The fourth-order valence-electron chi connectivity index (χ4n) is 6.81. The van der Waals surface area contributed by atoms with Crippen LogP contribution in [0.15, 0.2) is 59.1 Å². The zero-order chi connectivity index (χ0) is 33.7. The van der Waals surface area contributed by atoms with Gasteiger partial charge in [-0.2, -0.15) is 5.48 Å². The van der Waals surface area contributed by atoms with Gasteiger partial charge in [0.2, 0.25) is 11.7 Å². The summed E-state index contributed by atoms with van der Waals surface area (Å²) in [5.41, 5.74) is 5.56. The molecule has 46 heavy (non-hydrogen) atoms. The van der Waals surface area contributed by atoms with Gasteiger partial charge in [-0.15, -0.1) is 0 Å². The molecule has 244 valence electrons. The highest BCUT2D eigenvalue weighted by Crippen LogP contribution is 2.53. The van der Waals surface area contributed by atoms with Crippen LogP contribution < -0.4 is 21.4 Å². The number of allylic oxidation sites excluding steroid dienone is 1. The van der Waals surface area contributed by atoms with Crippen molar-refractivity contribution in [1.82, 2.24) is 10.4 Å². The van der Waals surface area contributed by atoms with Gasteiger partial charge in [0, 0.05) is 31.3 Å². The van der Waals surface area contributed by atoms with E-state index in [0.29, 0.717) is 11.3 Å². The first-order chi connectivity index (χ1) is 21.7. The Labute approximate surface area is 264 Å². The number of nitrogens with zero attached hydrogens (tertiary/aromatic N) is 2. The van der Waals surface area contributed by atoms with Crippen LogP contribution in [0.25, 0.3) is 0 Å². The summed E-state index contributed by atoms with van der Waals surface area (Å²) in [6, 6.07) is 9.73. The van der Waals surface area contributed by atoms with Crippen LogP contribution in [0.2, 0.25) is 0 Å². The Kier molecular flexibility index (Phi) is 8.66. The maximum Gasteiger partial charge on any atom is 0.255 e. The number of carbonyl (C=O) groups is 4. The number of benzene rings is 2. The van der Waals surface area contributed by atoms with Crippen molar-refractivity contribution in [2.45, 2.75) is 31.1 Å². The number of aromatic hydroxyl groups is 1. The van der Waals surface area contributed by atoms with E-state index in [9.17, 15) is 39.6 Å². The average molecular weight is 636 g/mol. The van der Waals surface area contributed by atoms with E-state index in [0.717, 1.165) is 5.56 Å². The summed E-state index contributed by atoms with van der Waals surface area (Å²) in [4.78, 5) is 61.1. The second-order valence-electron chi connectivity index (χ2n) is 12.1. The number of amides is 2. The molecule has 0 aromatic heterocycles. The summed E-state index contributed by atoms with van der Waals surface area (Å²) in [6.45, 7) is -0.0760. The first-order valence-electron chi connectivity index (χ1n) is 14.6. The number of ketones is 2. The smallest absolute Gasteiger partial charge is 0.255 e. The molecular formula is C32H37N5O9. The lowest BCUT2D eigenvalue weighted by atomic mass is 9.58. The normalized spacial score (nSPS) is 24.0. The van der Waals surface area contributed by atoms with E-state index in [2.05, 4.69) is 10.8 Å². The Morgan fingerprint density at radius 1 is 1.09 bits per heavy atom. The van der Waals surface area contributed by atoms with Gasteiger partial charge in [0.15, 0.2) is 17.1 Å². The molecule has 5 rings (SSSR count). The zero-order valence-corrected chi connectivity index (χ0v) is 25.8. The molecule has 3 unspecified atom stereocenters. The molecule has 0 spiro atoms. The van der Waals surface area contributed by atoms with Gasteiger partial charge < -0.3 is 36.4 Å². The highest BCUT2D eigenvalue weighted by Gasteiger charge is 2.63. The largest absolute Gasteiger partial charge is 0.510 e. The van der Waals surface area contributed by atoms with Crippen LogP contribution in [-0.2, 0) is 32.2 Å². The number of phenols is 1. The topological polar surface area (TPSA) is 215 Å². The third kappa shape index (κ3) is 5.28. The van der Waals surface area contributed by atoms with Gasteiger partial charge in [-0.3, -0.25) is 28.9 Å². The van der Waals surface area contributed by atoms with E-state index in [-0.39, 0.29) is 42.8 Å². The molecular weight excluding hydrogens is 598 g/mol. The summed E-state index contributed by atoms with van der Waals surface area (Å²) in [5.74, 6) is -8.08. The first kappa shape index (κ1) is 32.6. The summed E-state index contributed by atoms with van der Waals surface area (Å²) >= 11 is 0. The number of Topliss-reactive ketones (excluding diaryl/α,β-unsaturated/α-hetero) is 2. The minimum absolute atomic E-state index is 0.0352. The molecule has 0 heterocycles. The highest BCUT2D eigenvalue weighted by atomic mass is 16.6. The molecule has 2 aromatic rings. The number of nitrogens with two attached hydrogens (primary N) is 1. The number of primary amides is 1. The third-order valence-corrected chi connectivity index (χ3v) is 8.87. The predicted molar refractivity (Wildman–Crippen MR) is 166 cm³/mol. The Morgan fingerprint density at radius 3 is 2.37 bits per heavy atom. The molecule has 3 aliphatic rings. The third-order valence-electron chi connectivity index (χ3n) is 8.87. The van der Waals surface area contributed by atoms with Crippen molar-refractivity contribution >= 4 is 34.8 Å². The predicted octanol–water partition coefficient (Wildman–Crippen LogP) is 0.847. The lowest BCUT2D eigenvalue weighted by molar-refractivity contribution is -0.148. The standard InChI is InChI=1S/C32H37N5O9/c1-36(2)20-12-19(35-21(38)13-34-46-14-15-8-6-5-7-9-15)26(39)23-17(20)10-16-11-18-25(37(3)4)28(41)24(31(33)44)30(43)32(18,45)29(42)22(16)27(23)40/h5-9,12,16,18,25,34,39,41-42,45H,10-11,13-14H2,1-4H3,(H2,33,44)(H,35,38)/t16?,18?,25-,32?/m0/s1. The first-order valence-corrected chi connectivity index (χ1v) is 14.6. The SMILES string of the molecule is CN(C)c1cc(NC(=O)CNOCc2ccccc2)c(O)c2c1CC1CC3[C@H](N(C)C)C(O)=C(C(N)=O)C(=O)C3(O)C(O)=C1C2=O. The maximum atomic E-state index is 14.1. The monoisotopic (exact) mass is 635 g/mol. The van der Waals surface area contributed by atoms with E-state index in [1.54, 1.807) is 33.1 Å². The van der Waals surface area contributed by atoms with Crippen molar-refractivity contribution in [3.63, 3.8) is 0 Å². The number of likely N-dealkylation sites (N-methyl/N-ethyl adjacent to an activating group) is 1. The number of nitrogens with one attached hydrogen (secondary N) is 2. The molecule has 0 saturated carbocycles. The molecule has 0 radical (unpaired) electrons. The number of aliphatic hydroxyl groups is 3. The number of phenolic OH excluding ortho intramolecular Hbond substituents is 1. The molecule has 2 amide bonds. The maximum absolute atomic E-state index is 14.1. The van der Waals surface area contributed by atoms with E-state index in [1.165, 1.54) is 11.0 Å². The minimum atomic E-state index is -2.75. The summed E-state index contributed by atoms with van der Waals surface area (Å²) in [5, 5.41) is 48.2. The molecule has 0 aliphatic heterocycles. The summed E-state index contributed by atoms with van der Waals surface area (Å²) < 4.78 is 0. The van der Waals surface area contributed by atoms with Crippen molar-refractivity contribution in [3.8, 4) is 5.75 Å². The minimum Gasteiger partial charge on any atom is -0.510 e. The average Bonchev–Trinajstić information content (AvgIpc) is 2.98. The van der Waals surface area contributed by atoms with E-state index >= 15 is 0 Å². The van der Waals surface area contributed by atoms with Gasteiger partial charge >= 0.3 is 0 Å². The van der Waals surface area contributed by atoms with Crippen LogP contribution in [0.4, 0.5) is 11.4 Å². The van der Waals surface area contributed by atoms with Gasteiger partial charge in [0.1, 0.15) is 23.6 Å². The van der Waals surface area contributed by atoms with Crippen LogP contribution in [0.1, 0.15) is 27.9 Å². The fraction of sp³-hybridized carbons (Fsp3) is 0.375. The van der Waals surface area contributed by atoms with Crippen molar-refractivity contribution in [1.29, 1.82) is 0 Å². The van der Waals surface area contributed by atoms with E-state index < -0.39 is 69.7 Å². The van der Waals surface area contributed by atoms with Crippen LogP contribution in [-0.4, -0.2) is 95.1 Å². The zero-order valence-electron chi connectivity index (χ0n) is 25.8. The molecule has 14 nitrogen and oxygen atoms in total. The number of hydrogen-bond donors (Lipinski definition) is 7. The number of rotatable bonds is 9. The second kappa shape index (κ2) is 12.2. The Balaban J connectivity index is 1.50. The molecule has 8 N–H and O–H groups in total. The van der Waals surface area contributed by atoms with Crippen molar-refractivity contribution in [2.75, 3.05) is 45.0 Å². The molecule has 0 bridgehead atoms. The Morgan fingerprint density at radius 2 is 1.76 bits per heavy atom. The molecule has 4 atom stereocenters. The number of fused-ring (bicyclic) bond motifs is 3. The molecule has 0 saturated heterocycles. The number of anilines is 2. The van der Waals surface area contributed by atoms with Gasteiger partial charge in [-0.25, -0.2) is 0 Å². The molecule has 3 aliphatic carbocycles. The van der Waals surface area contributed by atoms with Gasteiger partial charge in [0.25, 0.3) is 5.91 Å². The van der Waals surface area contributed by atoms with Crippen LogP contribution in [0, 0.1) is 11.8 Å². The van der Waals surface area contributed by atoms with Crippen molar-refractivity contribution in [3.05, 3.63) is 75.8 Å². The number of aliphatic hydroxyl groups excluding tert-OH is 2. The Bertz CT molecular complexity index is 1680. The second-order valence-corrected chi connectivity index (χ2v) is 12.1. The number of hydroxylamine groups is 1. The van der Waals surface area contributed by atoms with Crippen LogP contribution in [0.3, 0.4) is 0 Å². The van der Waals surface area contributed by atoms with E-state index in [1.807, 2.05) is 30.3 Å². The van der Waals surface area contributed by atoms with Crippen LogP contribution in [0.5, 0.6) is 5.75 Å². The fourth-order valence-corrected chi connectivity index (χ4v) is 6.81.